The van der Waals surface area contributed by atoms with E-state index in [9.17, 15) is 4.79 Å². The van der Waals surface area contributed by atoms with Gasteiger partial charge in [0.05, 0.1) is 6.10 Å². The molecule has 0 fully saturated rings. The molecule has 4 heteroatoms. The summed E-state index contributed by atoms with van der Waals surface area (Å²) in [6, 6.07) is 0. The highest BCUT2D eigenvalue weighted by Gasteiger charge is 2.26. The zero-order chi connectivity index (χ0) is 11.2. The normalized spacial score (nSPS) is 13.8. The summed E-state index contributed by atoms with van der Waals surface area (Å²) in [5, 5.41) is 11.7. The van der Waals surface area contributed by atoms with Crippen LogP contribution in [0.15, 0.2) is 0 Å². The molecular weight excluding hydrogens is 182 g/mol. The number of methoxy groups -OCH3 is 1. The van der Waals surface area contributed by atoms with Crippen molar-refractivity contribution in [2.75, 3.05) is 13.7 Å². The van der Waals surface area contributed by atoms with Gasteiger partial charge in [-0.2, -0.15) is 0 Å². The number of rotatable bonds is 6. The molecule has 2 N–H and O–H groups in total. The highest BCUT2D eigenvalue weighted by atomic mass is 16.5. The zero-order valence-corrected chi connectivity index (χ0v) is 9.46. The lowest BCUT2D eigenvalue weighted by atomic mass is 10.1. The highest BCUT2D eigenvalue weighted by molar-refractivity contribution is 5.84. The minimum Gasteiger partial charge on any atom is -0.393 e. The SMILES string of the molecule is COC(C)(C)C(=O)NCCCC(C)O. The van der Waals surface area contributed by atoms with E-state index < -0.39 is 5.60 Å². The first-order chi connectivity index (χ1) is 6.40. The molecular formula is C10H21NO3. The summed E-state index contributed by atoms with van der Waals surface area (Å²) >= 11 is 0. The zero-order valence-electron chi connectivity index (χ0n) is 9.46. The van der Waals surface area contributed by atoms with Crippen molar-refractivity contribution in [3.8, 4) is 0 Å². The van der Waals surface area contributed by atoms with Crippen LogP contribution in [-0.2, 0) is 9.53 Å². The summed E-state index contributed by atoms with van der Waals surface area (Å²) in [7, 11) is 1.51. The molecule has 0 aliphatic heterocycles. The third-order valence-electron chi connectivity index (χ3n) is 2.14. The third-order valence-corrected chi connectivity index (χ3v) is 2.14. The fraction of sp³-hybridized carbons (Fsp3) is 0.900. The molecule has 84 valence electrons. The standard InChI is InChI=1S/C10H21NO3/c1-8(12)6-5-7-11-9(13)10(2,3)14-4/h8,12H,5-7H2,1-4H3,(H,11,13). The number of aliphatic hydroxyl groups is 1. The molecule has 0 bridgehead atoms. The van der Waals surface area contributed by atoms with E-state index >= 15 is 0 Å². The Hall–Kier alpha value is -0.610. The topological polar surface area (TPSA) is 58.6 Å². The number of amides is 1. The van der Waals surface area contributed by atoms with Gasteiger partial charge in [-0.15, -0.1) is 0 Å². The fourth-order valence-electron chi connectivity index (χ4n) is 0.905. The Morgan fingerprint density at radius 3 is 2.57 bits per heavy atom. The van der Waals surface area contributed by atoms with E-state index in [1.54, 1.807) is 20.8 Å². The molecule has 0 spiro atoms. The van der Waals surface area contributed by atoms with Crippen molar-refractivity contribution in [1.82, 2.24) is 5.32 Å². The Kier molecular flexibility index (Phi) is 5.72. The molecule has 0 aliphatic carbocycles. The molecule has 14 heavy (non-hydrogen) atoms. The van der Waals surface area contributed by atoms with Crippen LogP contribution in [0.3, 0.4) is 0 Å². The maximum atomic E-state index is 11.4. The second kappa shape index (κ2) is 5.98. The van der Waals surface area contributed by atoms with Gasteiger partial charge in [-0.3, -0.25) is 4.79 Å². The van der Waals surface area contributed by atoms with E-state index in [-0.39, 0.29) is 12.0 Å². The highest BCUT2D eigenvalue weighted by Crippen LogP contribution is 2.06. The molecule has 0 aromatic carbocycles. The Morgan fingerprint density at radius 2 is 2.14 bits per heavy atom. The van der Waals surface area contributed by atoms with E-state index in [2.05, 4.69) is 5.32 Å². The Balaban J connectivity index is 3.64. The molecule has 1 amide bonds. The monoisotopic (exact) mass is 203 g/mol. The summed E-state index contributed by atoms with van der Waals surface area (Å²) in [6.07, 6.45) is 1.18. The van der Waals surface area contributed by atoms with Crippen LogP contribution < -0.4 is 5.32 Å². The average molecular weight is 203 g/mol. The molecule has 1 atom stereocenters. The second-order valence-electron chi connectivity index (χ2n) is 3.96. The molecule has 4 nitrogen and oxygen atoms in total. The van der Waals surface area contributed by atoms with Gasteiger partial charge in [0.1, 0.15) is 5.60 Å². The van der Waals surface area contributed by atoms with E-state index in [0.717, 1.165) is 6.42 Å². The van der Waals surface area contributed by atoms with Crippen molar-refractivity contribution in [1.29, 1.82) is 0 Å². The van der Waals surface area contributed by atoms with Gasteiger partial charge < -0.3 is 15.2 Å². The van der Waals surface area contributed by atoms with Crippen molar-refractivity contribution in [3.63, 3.8) is 0 Å². The second-order valence-corrected chi connectivity index (χ2v) is 3.96. The van der Waals surface area contributed by atoms with E-state index in [4.69, 9.17) is 9.84 Å². The number of carbonyl (C=O) groups is 1. The molecule has 0 heterocycles. The maximum absolute atomic E-state index is 11.4. The van der Waals surface area contributed by atoms with Gasteiger partial charge in [-0.05, 0) is 33.6 Å². The lowest BCUT2D eigenvalue weighted by molar-refractivity contribution is -0.139. The first-order valence-electron chi connectivity index (χ1n) is 4.91. The summed E-state index contributed by atoms with van der Waals surface area (Å²) in [4.78, 5) is 11.4. The lowest BCUT2D eigenvalue weighted by Gasteiger charge is -2.21. The maximum Gasteiger partial charge on any atom is 0.251 e. The van der Waals surface area contributed by atoms with Gasteiger partial charge in [0.15, 0.2) is 0 Å². The number of carbonyl (C=O) groups excluding carboxylic acids is 1. The summed E-state index contributed by atoms with van der Waals surface area (Å²) in [5.74, 6) is -0.120. The van der Waals surface area contributed by atoms with Crippen LogP contribution >= 0.6 is 0 Å². The smallest absolute Gasteiger partial charge is 0.251 e. The van der Waals surface area contributed by atoms with E-state index in [1.165, 1.54) is 7.11 Å². The van der Waals surface area contributed by atoms with Crippen LogP contribution in [0.4, 0.5) is 0 Å². The van der Waals surface area contributed by atoms with Gasteiger partial charge in [0, 0.05) is 13.7 Å². The molecule has 0 saturated carbocycles. The Morgan fingerprint density at radius 1 is 1.57 bits per heavy atom. The van der Waals surface area contributed by atoms with Gasteiger partial charge >= 0.3 is 0 Å². The fourth-order valence-corrected chi connectivity index (χ4v) is 0.905. The van der Waals surface area contributed by atoms with Crippen LogP contribution in [-0.4, -0.2) is 36.4 Å². The van der Waals surface area contributed by atoms with E-state index in [0.29, 0.717) is 13.0 Å². The molecule has 0 aromatic rings. The van der Waals surface area contributed by atoms with Crippen LogP contribution in [0, 0.1) is 0 Å². The summed E-state index contributed by atoms with van der Waals surface area (Å²) in [5.41, 5.74) is -0.773. The number of hydrogen-bond donors (Lipinski definition) is 2. The largest absolute Gasteiger partial charge is 0.393 e. The Labute approximate surface area is 85.6 Å². The molecule has 0 radical (unpaired) electrons. The summed E-state index contributed by atoms with van der Waals surface area (Å²) in [6.45, 7) is 5.76. The number of hydrogen-bond acceptors (Lipinski definition) is 3. The van der Waals surface area contributed by atoms with Crippen molar-refractivity contribution in [3.05, 3.63) is 0 Å². The lowest BCUT2D eigenvalue weighted by Crippen LogP contribution is -2.43. The first-order valence-corrected chi connectivity index (χ1v) is 4.91. The van der Waals surface area contributed by atoms with Crippen LogP contribution in [0.2, 0.25) is 0 Å². The first kappa shape index (κ1) is 13.4. The minimum absolute atomic E-state index is 0.120. The quantitative estimate of drug-likeness (QED) is 0.624. The van der Waals surface area contributed by atoms with Gasteiger partial charge in [-0.25, -0.2) is 0 Å². The van der Waals surface area contributed by atoms with Crippen LogP contribution in [0.5, 0.6) is 0 Å². The summed E-state index contributed by atoms with van der Waals surface area (Å²) < 4.78 is 5.02. The van der Waals surface area contributed by atoms with Gasteiger partial charge in [0.2, 0.25) is 0 Å². The molecule has 0 rings (SSSR count). The van der Waals surface area contributed by atoms with Crippen molar-refractivity contribution >= 4 is 5.91 Å². The minimum atomic E-state index is -0.773. The number of aliphatic hydroxyl groups excluding tert-OH is 1. The van der Waals surface area contributed by atoms with Crippen molar-refractivity contribution < 1.29 is 14.6 Å². The molecule has 0 aliphatic rings. The predicted molar refractivity (Wildman–Crippen MR) is 55.0 cm³/mol. The molecule has 1 unspecified atom stereocenters. The van der Waals surface area contributed by atoms with Gasteiger partial charge in [0.25, 0.3) is 5.91 Å². The molecule has 0 aromatic heterocycles. The van der Waals surface area contributed by atoms with Crippen molar-refractivity contribution in [2.24, 2.45) is 0 Å². The Bertz CT molecular complexity index is 178. The van der Waals surface area contributed by atoms with Crippen LogP contribution in [0.1, 0.15) is 33.6 Å². The predicted octanol–water partition coefficient (Wildman–Crippen LogP) is 0.689. The average Bonchev–Trinajstić information content (AvgIpc) is 2.11. The number of ether oxygens (including phenoxy) is 1. The van der Waals surface area contributed by atoms with E-state index in [1.807, 2.05) is 0 Å². The third kappa shape index (κ3) is 5.19. The number of nitrogens with one attached hydrogen (secondary N) is 1. The van der Waals surface area contributed by atoms with Crippen molar-refractivity contribution in [2.45, 2.75) is 45.3 Å². The van der Waals surface area contributed by atoms with Crippen LogP contribution in [0.25, 0.3) is 0 Å². The van der Waals surface area contributed by atoms with Gasteiger partial charge in [-0.1, -0.05) is 0 Å². The molecule has 0 saturated heterocycles.